The van der Waals surface area contributed by atoms with Crippen LogP contribution in [0.4, 0.5) is 0 Å². The standard InChI is InChI=1S/C17H18N2O2/c18-11-1-2-13-5-9-16(10-6-13)21-17(20)15-7-3-14(12-19)4-8-15/h3-4,7-8,13,16H,1-2,5-6,9-10H2/t13-,16-. The molecule has 0 unspecified atom stereocenters. The van der Waals surface area contributed by atoms with Gasteiger partial charge in [0.05, 0.1) is 23.3 Å². The predicted molar refractivity (Wildman–Crippen MR) is 77.2 cm³/mol. The molecule has 0 N–H and O–H groups in total. The van der Waals surface area contributed by atoms with Crippen LogP contribution in [0.25, 0.3) is 0 Å². The first-order valence-electron chi connectivity index (χ1n) is 7.31. The van der Waals surface area contributed by atoms with Crippen LogP contribution >= 0.6 is 0 Å². The third kappa shape index (κ3) is 4.33. The Balaban J connectivity index is 1.81. The van der Waals surface area contributed by atoms with Crippen molar-refractivity contribution in [3.05, 3.63) is 35.4 Å². The van der Waals surface area contributed by atoms with Crippen molar-refractivity contribution >= 4 is 5.97 Å². The predicted octanol–water partition coefficient (Wildman–Crippen LogP) is 3.58. The normalized spacial score (nSPS) is 21.0. The molecule has 0 aromatic heterocycles. The third-order valence-electron chi connectivity index (χ3n) is 3.98. The maximum Gasteiger partial charge on any atom is 0.338 e. The Morgan fingerprint density at radius 2 is 1.81 bits per heavy atom. The molecule has 0 heterocycles. The number of nitrogens with zero attached hydrogens (tertiary/aromatic N) is 2. The summed E-state index contributed by atoms with van der Waals surface area (Å²) in [6, 6.07) is 10.7. The first-order valence-corrected chi connectivity index (χ1v) is 7.31. The van der Waals surface area contributed by atoms with Gasteiger partial charge in [0.25, 0.3) is 0 Å². The molecule has 1 fully saturated rings. The van der Waals surface area contributed by atoms with E-state index in [9.17, 15) is 4.79 Å². The van der Waals surface area contributed by atoms with Gasteiger partial charge in [-0.3, -0.25) is 0 Å². The molecule has 0 spiro atoms. The van der Waals surface area contributed by atoms with Gasteiger partial charge in [-0.15, -0.1) is 0 Å². The highest BCUT2D eigenvalue weighted by Crippen LogP contribution is 2.29. The van der Waals surface area contributed by atoms with Gasteiger partial charge in [-0.1, -0.05) is 0 Å². The first kappa shape index (κ1) is 15.1. The van der Waals surface area contributed by atoms with E-state index in [4.69, 9.17) is 15.3 Å². The smallest absolute Gasteiger partial charge is 0.338 e. The van der Waals surface area contributed by atoms with Crippen LogP contribution in [0.3, 0.4) is 0 Å². The van der Waals surface area contributed by atoms with Crippen molar-refractivity contribution in [2.75, 3.05) is 0 Å². The van der Waals surface area contributed by atoms with Crippen molar-refractivity contribution in [1.82, 2.24) is 0 Å². The highest BCUT2D eigenvalue weighted by atomic mass is 16.5. The molecule has 0 saturated heterocycles. The van der Waals surface area contributed by atoms with Crippen molar-refractivity contribution in [1.29, 1.82) is 10.5 Å². The molecule has 0 aliphatic heterocycles. The number of carbonyl (C=O) groups is 1. The first-order chi connectivity index (χ1) is 10.2. The van der Waals surface area contributed by atoms with Crippen LogP contribution in [0.5, 0.6) is 0 Å². The molecule has 0 radical (unpaired) electrons. The lowest BCUT2D eigenvalue weighted by atomic mass is 9.84. The lowest BCUT2D eigenvalue weighted by Crippen LogP contribution is -2.24. The lowest BCUT2D eigenvalue weighted by molar-refractivity contribution is 0.0162. The number of rotatable bonds is 4. The van der Waals surface area contributed by atoms with Crippen molar-refractivity contribution in [3.63, 3.8) is 0 Å². The van der Waals surface area contributed by atoms with Crippen LogP contribution < -0.4 is 0 Å². The molecule has 4 nitrogen and oxygen atoms in total. The van der Waals surface area contributed by atoms with Crippen LogP contribution in [-0.2, 0) is 4.74 Å². The fourth-order valence-corrected chi connectivity index (χ4v) is 2.71. The van der Waals surface area contributed by atoms with Gasteiger partial charge in [-0.2, -0.15) is 10.5 Å². The summed E-state index contributed by atoms with van der Waals surface area (Å²) < 4.78 is 5.52. The summed E-state index contributed by atoms with van der Waals surface area (Å²) in [5.41, 5.74) is 1.02. The molecule has 4 heteroatoms. The molecule has 2 rings (SSSR count). The summed E-state index contributed by atoms with van der Waals surface area (Å²) in [7, 11) is 0. The van der Waals surface area contributed by atoms with Crippen molar-refractivity contribution in [2.45, 2.75) is 44.6 Å². The Bertz CT molecular complexity index is 558. The summed E-state index contributed by atoms with van der Waals surface area (Å²) in [5, 5.41) is 17.3. The molecular weight excluding hydrogens is 264 g/mol. The third-order valence-corrected chi connectivity index (χ3v) is 3.98. The minimum atomic E-state index is -0.319. The SMILES string of the molecule is N#CCC[C@H]1CC[C@H](OC(=O)c2ccc(C#N)cc2)CC1. The minimum Gasteiger partial charge on any atom is -0.459 e. The molecular formula is C17H18N2O2. The molecule has 0 atom stereocenters. The average molecular weight is 282 g/mol. The molecule has 1 aromatic rings. The highest BCUT2D eigenvalue weighted by molar-refractivity contribution is 5.89. The molecule has 1 aromatic carbocycles. The Kier molecular flexibility index (Phi) is 5.35. The van der Waals surface area contributed by atoms with E-state index in [-0.39, 0.29) is 12.1 Å². The lowest BCUT2D eigenvalue weighted by Gasteiger charge is -2.27. The van der Waals surface area contributed by atoms with Gasteiger partial charge in [0.1, 0.15) is 6.10 Å². The fraction of sp³-hybridized carbons (Fsp3) is 0.471. The summed E-state index contributed by atoms with van der Waals surface area (Å²) in [6.45, 7) is 0. The quantitative estimate of drug-likeness (QED) is 0.791. The fourth-order valence-electron chi connectivity index (χ4n) is 2.71. The summed E-state index contributed by atoms with van der Waals surface area (Å²) in [6.07, 6.45) is 5.33. The van der Waals surface area contributed by atoms with E-state index in [1.165, 1.54) is 0 Å². The molecule has 1 aliphatic carbocycles. The van der Waals surface area contributed by atoms with E-state index in [1.54, 1.807) is 24.3 Å². The van der Waals surface area contributed by atoms with E-state index < -0.39 is 0 Å². The zero-order valence-corrected chi connectivity index (χ0v) is 11.9. The zero-order chi connectivity index (χ0) is 15.1. The maximum atomic E-state index is 12.0. The van der Waals surface area contributed by atoms with Gasteiger partial charge in [0, 0.05) is 6.42 Å². The number of benzene rings is 1. The Labute approximate surface area is 125 Å². The van der Waals surface area contributed by atoms with Gasteiger partial charge in [-0.25, -0.2) is 4.79 Å². The van der Waals surface area contributed by atoms with E-state index in [2.05, 4.69) is 6.07 Å². The Hall–Kier alpha value is -2.33. The minimum absolute atomic E-state index is 0.0218. The van der Waals surface area contributed by atoms with Gasteiger partial charge in [0.2, 0.25) is 0 Å². The summed E-state index contributed by atoms with van der Waals surface area (Å²) >= 11 is 0. The van der Waals surface area contributed by atoms with E-state index in [0.717, 1.165) is 32.1 Å². The molecule has 108 valence electrons. The van der Waals surface area contributed by atoms with Gasteiger partial charge in [-0.05, 0) is 62.3 Å². The van der Waals surface area contributed by atoms with E-state index >= 15 is 0 Å². The molecule has 1 aliphatic rings. The molecule has 0 bridgehead atoms. The summed E-state index contributed by atoms with van der Waals surface area (Å²) in [5.74, 6) is 0.273. The number of carbonyl (C=O) groups excluding carboxylic acids is 1. The number of ether oxygens (including phenoxy) is 1. The average Bonchev–Trinajstić information content (AvgIpc) is 2.54. The highest BCUT2D eigenvalue weighted by Gasteiger charge is 2.24. The van der Waals surface area contributed by atoms with Crippen molar-refractivity contribution in [2.24, 2.45) is 5.92 Å². The largest absolute Gasteiger partial charge is 0.459 e. The second kappa shape index (κ2) is 7.45. The van der Waals surface area contributed by atoms with Crippen molar-refractivity contribution in [3.8, 4) is 12.1 Å². The Morgan fingerprint density at radius 1 is 1.14 bits per heavy atom. The second-order valence-corrected chi connectivity index (χ2v) is 5.43. The number of hydrogen-bond acceptors (Lipinski definition) is 4. The Morgan fingerprint density at radius 3 is 2.38 bits per heavy atom. The maximum absolute atomic E-state index is 12.0. The monoisotopic (exact) mass is 282 g/mol. The van der Waals surface area contributed by atoms with Crippen LogP contribution in [0.2, 0.25) is 0 Å². The zero-order valence-electron chi connectivity index (χ0n) is 11.9. The van der Waals surface area contributed by atoms with Gasteiger partial charge < -0.3 is 4.74 Å². The molecule has 1 saturated carbocycles. The van der Waals surface area contributed by atoms with E-state index in [0.29, 0.717) is 23.5 Å². The van der Waals surface area contributed by atoms with Gasteiger partial charge in [0.15, 0.2) is 0 Å². The van der Waals surface area contributed by atoms with Crippen molar-refractivity contribution < 1.29 is 9.53 Å². The van der Waals surface area contributed by atoms with Gasteiger partial charge >= 0.3 is 5.97 Å². The van der Waals surface area contributed by atoms with Crippen LogP contribution in [0.15, 0.2) is 24.3 Å². The molecule has 21 heavy (non-hydrogen) atoms. The van der Waals surface area contributed by atoms with Crippen LogP contribution in [0, 0.1) is 28.6 Å². The second-order valence-electron chi connectivity index (χ2n) is 5.43. The van der Waals surface area contributed by atoms with Crippen LogP contribution in [-0.4, -0.2) is 12.1 Å². The summed E-state index contributed by atoms with van der Waals surface area (Å²) in [4.78, 5) is 12.0. The topological polar surface area (TPSA) is 73.9 Å². The number of esters is 1. The number of hydrogen-bond donors (Lipinski definition) is 0. The van der Waals surface area contributed by atoms with Crippen LogP contribution in [0.1, 0.15) is 54.4 Å². The van der Waals surface area contributed by atoms with E-state index in [1.807, 2.05) is 6.07 Å². The number of nitriles is 2. The molecule has 0 amide bonds.